The number of aliphatic hydroxyl groups is 1. The predicted octanol–water partition coefficient (Wildman–Crippen LogP) is 3.86. The minimum absolute atomic E-state index is 0.0430. The zero-order valence-corrected chi connectivity index (χ0v) is 11.1. The second-order valence-electron chi connectivity index (χ2n) is 6.49. The van der Waals surface area contributed by atoms with E-state index in [-0.39, 0.29) is 6.10 Å². The first kappa shape index (κ1) is 13.0. The minimum Gasteiger partial charge on any atom is -0.393 e. The lowest BCUT2D eigenvalue weighted by molar-refractivity contribution is -0.00466. The molecule has 90 valence electrons. The Morgan fingerprint density at radius 3 is 2.33 bits per heavy atom. The van der Waals surface area contributed by atoms with E-state index in [9.17, 15) is 5.11 Å². The Bertz CT molecular complexity index is 188. The van der Waals surface area contributed by atoms with Gasteiger partial charge in [0.25, 0.3) is 0 Å². The first-order valence-corrected chi connectivity index (χ1v) is 6.54. The highest BCUT2D eigenvalue weighted by molar-refractivity contribution is 4.87. The SMILES string of the molecule is CCC(C)C1CC(C(C)(C)C)CCC1O. The van der Waals surface area contributed by atoms with E-state index in [1.807, 2.05) is 0 Å². The van der Waals surface area contributed by atoms with Crippen molar-refractivity contribution in [1.82, 2.24) is 0 Å². The van der Waals surface area contributed by atoms with E-state index >= 15 is 0 Å². The summed E-state index contributed by atoms with van der Waals surface area (Å²) in [5, 5.41) is 10.1. The monoisotopic (exact) mass is 212 g/mol. The highest BCUT2D eigenvalue weighted by atomic mass is 16.3. The van der Waals surface area contributed by atoms with E-state index in [1.165, 1.54) is 19.3 Å². The third-order valence-electron chi connectivity index (χ3n) is 4.46. The molecule has 0 aliphatic heterocycles. The molecule has 0 saturated heterocycles. The highest BCUT2D eigenvalue weighted by Gasteiger charge is 2.36. The molecule has 1 aliphatic carbocycles. The van der Waals surface area contributed by atoms with Gasteiger partial charge in [-0.15, -0.1) is 0 Å². The average molecular weight is 212 g/mol. The second-order valence-corrected chi connectivity index (χ2v) is 6.49. The van der Waals surface area contributed by atoms with Gasteiger partial charge in [-0.2, -0.15) is 0 Å². The largest absolute Gasteiger partial charge is 0.393 e. The molecule has 0 radical (unpaired) electrons. The van der Waals surface area contributed by atoms with E-state index in [0.29, 0.717) is 17.3 Å². The smallest absolute Gasteiger partial charge is 0.0571 e. The third-order valence-corrected chi connectivity index (χ3v) is 4.46. The van der Waals surface area contributed by atoms with Crippen molar-refractivity contribution in [3.8, 4) is 0 Å². The molecule has 1 saturated carbocycles. The molecular formula is C14H28O. The van der Waals surface area contributed by atoms with Crippen LogP contribution in [0.2, 0.25) is 0 Å². The van der Waals surface area contributed by atoms with Gasteiger partial charge in [-0.3, -0.25) is 0 Å². The highest BCUT2D eigenvalue weighted by Crippen LogP contribution is 2.43. The van der Waals surface area contributed by atoms with Crippen molar-refractivity contribution in [2.24, 2.45) is 23.2 Å². The van der Waals surface area contributed by atoms with Crippen LogP contribution in [-0.4, -0.2) is 11.2 Å². The normalized spacial score (nSPS) is 35.2. The molecular weight excluding hydrogens is 184 g/mol. The second kappa shape index (κ2) is 4.86. The molecule has 15 heavy (non-hydrogen) atoms. The molecule has 1 N–H and O–H groups in total. The summed E-state index contributed by atoms with van der Waals surface area (Å²) in [7, 11) is 0. The maximum atomic E-state index is 10.1. The van der Waals surface area contributed by atoms with Crippen LogP contribution in [0.15, 0.2) is 0 Å². The third kappa shape index (κ3) is 3.21. The number of hydrogen-bond acceptors (Lipinski definition) is 1. The van der Waals surface area contributed by atoms with Crippen molar-refractivity contribution in [2.45, 2.75) is 66.4 Å². The van der Waals surface area contributed by atoms with Crippen molar-refractivity contribution in [2.75, 3.05) is 0 Å². The number of aliphatic hydroxyl groups excluding tert-OH is 1. The molecule has 0 spiro atoms. The summed E-state index contributed by atoms with van der Waals surface area (Å²) in [4.78, 5) is 0. The van der Waals surface area contributed by atoms with Gasteiger partial charge in [-0.05, 0) is 42.4 Å². The topological polar surface area (TPSA) is 20.2 Å². The molecule has 1 nitrogen and oxygen atoms in total. The van der Waals surface area contributed by atoms with Crippen LogP contribution in [0.1, 0.15) is 60.3 Å². The van der Waals surface area contributed by atoms with Crippen LogP contribution in [0.25, 0.3) is 0 Å². The molecule has 1 aliphatic rings. The summed E-state index contributed by atoms with van der Waals surface area (Å²) in [6, 6.07) is 0. The maximum Gasteiger partial charge on any atom is 0.0571 e. The fourth-order valence-corrected chi connectivity index (χ4v) is 2.89. The summed E-state index contributed by atoms with van der Waals surface area (Å²) in [5.74, 6) is 2.00. The van der Waals surface area contributed by atoms with Crippen molar-refractivity contribution in [3.63, 3.8) is 0 Å². The first-order chi connectivity index (χ1) is 6.86. The lowest BCUT2D eigenvalue weighted by atomic mass is 9.65. The maximum absolute atomic E-state index is 10.1. The van der Waals surface area contributed by atoms with Gasteiger partial charge in [0.15, 0.2) is 0 Å². The van der Waals surface area contributed by atoms with Crippen LogP contribution in [0.4, 0.5) is 0 Å². The lowest BCUT2D eigenvalue weighted by Crippen LogP contribution is -2.37. The van der Waals surface area contributed by atoms with Gasteiger partial charge in [0, 0.05) is 0 Å². The van der Waals surface area contributed by atoms with Gasteiger partial charge in [0.1, 0.15) is 0 Å². The Morgan fingerprint density at radius 1 is 1.27 bits per heavy atom. The quantitative estimate of drug-likeness (QED) is 0.737. The molecule has 1 rings (SSSR count). The number of rotatable bonds is 2. The van der Waals surface area contributed by atoms with Gasteiger partial charge in [0.05, 0.1) is 6.10 Å². The molecule has 1 fully saturated rings. The molecule has 4 atom stereocenters. The zero-order chi connectivity index (χ0) is 11.6. The summed E-state index contributed by atoms with van der Waals surface area (Å²) in [6.45, 7) is 11.5. The average Bonchev–Trinajstić information content (AvgIpc) is 2.15. The first-order valence-electron chi connectivity index (χ1n) is 6.54. The number of hydrogen-bond donors (Lipinski definition) is 1. The van der Waals surface area contributed by atoms with Gasteiger partial charge in [0.2, 0.25) is 0 Å². The van der Waals surface area contributed by atoms with Crippen LogP contribution in [0, 0.1) is 23.2 Å². The van der Waals surface area contributed by atoms with E-state index in [4.69, 9.17) is 0 Å². The minimum atomic E-state index is -0.0430. The molecule has 0 amide bonds. The van der Waals surface area contributed by atoms with Crippen LogP contribution in [0.5, 0.6) is 0 Å². The standard InChI is InChI=1S/C14H28O/c1-6-10(2)12-9-11(14(3,4)5)7-8-13(12)15/h10-13,15H,6-9H2,1-5H3. The Balaban J connectivity index is 2.64. The molecule has 1 heteroatoms. The van der Waals surface area contributed by atoms with Crippen LogP contribution < -0.4 is 0 Å². The Labute approximate surface area is 95.3 Å². The van der Waals surface area contributed by atoms with Crippen LogP contribution in [-0.2, 0) is 0 Å². The fraction of sp³-hybridized carbons (Fsp3) is 1.00. The Morgan fingerprint density at radius 2 is 1.87 bits per heavy atom. The molecule has 0 heterocycles. The van der Waals surface area contributed by atoms with E-state index in [0.717, 1.165) is 12.3 Å². The van der Waals surface area contributed by atoms with E-state index in [1.54, 1.807) is 0 Å². The Kier molecular flexibility index (Phi) is 4.22. The molecule has 0 aromatic heterocycles. The van der Waals surface area contributed by atoms with Gasteiger partial charge >= 0.3 is 0 Å². The fourth-order valence-electron chi connectivity index (χ4n) is 2.89. The lowest BCUT2D eigenvalue weighted by Gasteiger charge is -2.42. The Hall–Kier alpha value is -0.0400. The van der Waals surface area contributed by atoms with Crippen LogP contribution in [0.3, 0.4) is 0 Å². The predicted molar refractivity (Wildman–Crippen MR) is 65.7 cm³/mol. The zero-order valence-electron chi connectivity index (χ0n) is 11.1. The molecule has 0 aromatic carbocycles. The summed E-state index contributed by atoms with van der Waals surface area (Å²) < 4.78 is 0. The van der Waals surface area contributed by atoms with E-state index < -0.39 is 0 Å². The summed E-state index contributed by atoms with van der Waals surface area (Å²) in [6.07, 6.45) is 4.59. The summed E-state index contributed by atoms with van der Waals surface area (Å²) >= 11 is 0. The van der Waals surface area contributed by atoms with E-state index in [2.05, 4.69) is 34.6 Å². The molecule has 0 bridgehead atoms. The van der Waals surface area contributed by atoms with Crippen molar-refractivity contribution in [3.05, 3.63) is 0 Å². The molecule has 0 aromatic rings. The van der Waals surface area contributed by atoms with Gasteiger partial charge < -0.3 is 5.11 Å². The molecule has 4 unspecified atom stereocenters. The van der Waals surface area contributed by atoms with Crippen molar-refractivity contribution >= 4 is 0 Å². The van der Waals surface area contributed by atoms with Crippen LogP contribution >= 0.6 is 0 Å². The van der Waals surface area contributed by atoms with Crippen molar-refractivity contribution in [1.29, 1.82) is 0 Å². The summed E-state index contributed by atoms with van der Waals surface area (Å²) in [5.41, 5.74) is 0.409. The van der Waals surface area contributed by atoms with Gasteiger partial charge in [-0.25, -0.2) is 0 Å². The van der Waals surface area contributed by atoms with Gasteiger partial charge in [-0.1, -0.05) is 41.0 Å². The van der Waals surface area contributed by atoms with Crippen molar-refractivity contribution < 1.29 is 5.11 Å².